The van der Waals surface area contributed by atoms with Gasteiger partial charge in [-0.15, -0.1) is 0 Å². The molecule has 0 fully saturated rings. The fourth-order valence-electron chi connectivity index (χ4n) is 1.76. The van der Waals surface area contributed by atoms with Crippen LogP contribution < -0.4 is 10.6 Å². The van der Waals surface area contributed by atoms with Crippen molar-refractivity contribution in [2.24, 2.45) is 0 Å². The highest BCUT2D eigenvalue weighted by molar-refractivity contribution is 5.67. The van der Waals surface area contributed by atoms with Crippen LogP contribution in [0.1, 0.15) is 65.2 Å². The van der Waals surface area contributed by atoms with Crippen LogP contribution in [0.5, 0.6) is 0 Å². The zero-order valence-electron chi connectivity index (χ0n) is 16.1. The first-order chi connectivity index (χ1) is 12.7. The summed E-state index contributed by atoms with van der Waals surface area (Å²) in [6.07, 6.45) is 6.07. The quantitative estimate of drug-likeness (QED) is 0.410. The largest absolute Gasteiger partial charge is 0.450 e. The van der Waals surface area contributed by atoms with E-state index in [1.807, 2.05) is 13.8 Å². The Morgan fingerprint density at radius 1 is 0.731 bits per heavy atom. The van der Waals surface area contributed by atoms with Crippen LogP contribution in [0.25, 0.3) is 0 Å². The summed E-state index contributed by atoms with van der Waals surface area (Å²) in [5.74, 6) is 11.7. The summed E-state index contributed by atoms with van der Waals surface area (Å²) in [5.41, 5.74) is 0. The maximum atomic E-state index is 11.2. The Balaban J connectivity index is 3.44. The van der Waals surface area contributed by atoms with E-state index < -0.39 is 0 Å². The molecule has 0 unspecified atom stereocenters. The molecular formula is C20H32N2O4. The molecule has 146 valence electrons. The van der Waals surface area contributed by atoms with E-state index in [-0.39, 0.29) is 12.2 Å². The predicted octanol–water partition coefficient (Wildman–Crippen LogP) is 3.61. The standard InChI is InChI=1S/C20H32N2O4/c1-3-17-25-19(23)21-15-13-11-9-7-5-6-8-10-12-14-16-22-20(24)26-18-4-2/h3-4,9-18H2,1-2H3,(H,21,23)(H,22,24). The average molecular weight is 364 g/mol. The van der Waals surface area contributed by atoms with E-state index in [9.17, 15) is 9.59 Å². The highest BCUT2D eigenvalue weighted by atomic mass is 16.6. The van der Waals surface area contributed by atoms with Crippen LogP contribution in [0.2, 0.25) is 0 Å². The molecule has 0 aliphatic rings. The van der Waals surface area contributed by atoms with Gasteiger partial charge in [-0.05, 0) is 50.4 Å². The Morgan fingerprint density at radius 2 is 1.15 bits per heavy atom. The Morgan fingerprint density at radius 3 is 1.54 bits per heavy atom. The molecular weight excluding hydrogens is 332 g/mol. The second-order valence-corrected chi connectivity index (χ2v) is 5.64. The van der Waals surface area contributed by atoms with E-state index in [2.05, 4.69) is 34.3 Å². The van der Waals surface area contributed by atoms with Crippen molar-refractivity contribution in [3.63, 3.8) is 0 Å². The summed E-state index contributed by atoms with van der Waals surface area (Å²) in [6.45, 7) is 6.04. The minimum atomic E-state index is -0.350. The highest BCUT2D eigenvalue weighted by Crippen LogP contribution is 1.94. The monoisotopic (exact) mass is 364 g/mol. The van der Waals surface area contributed by atoms with Gasteiger partial charge in [-0.3, -0.25) is 0 Å². The third kappa shape index (κ3) is 18.0. The minimum absolute atomic E-state index is 0.350. The SMILES string of the molecule is CCCOC(=O)NCCCCC#CC#CCCCCNC(=O)OCCC. The molecule has 0 aliphatic carbocycles. The fraction of sp³-hybridized carbons (Fsp3) is 0.700. The third-order valence-corrected chi connectivity index (χ3v) is 3.11. The molecule has 0 saturated carbocycles. The zero-order chi connectivity index (χ0) is 19.3. The molecule has 6 heteroatoms. The van der Waals surface area contributed by atoms with Crippen molar-refractivity contribution in [1.29, 1.82) is 0 Å². The highest BCUT2D eigenvalue weighted by Gasteiger charge is 1.99. The molecule has 0 aromatic carbocycles. The third-order valence-electron chi connectivity index (χ3n) is 3.11. The number of carbonyl (C=O) groups is 2. The molecule has 0 bridgehead atoms. The predicted molar refractivity (Wildman–Crippen MR) is 103 cm³/mol. The molecule has 0 rings (SSSR count). The molecule has 0 radical (unpaired) electrons. The molecule has 0 saturated heterocycles. The van der Waals surface area contributed by atoms with E-state index in [0.717, 1.165) is 51.4 Å². The van der Waals surface area contributed by atoms with Crippen molar-refractivity contribution in [3.05, 3.63) is 0 Å². The molecule has 2 amide bonds. The van der Waals surface area contributed by atoms with Crippen LogP contribution >= 0.6 is 0 Å². The zero-order valence-corrected chi connectivity index (χ0v) is 16.1. The van der Waals surface area contributed by atoms with Crippen LogP contribution in [0.4, 0.5) is 9.59 Å². The van der Waals surface area contributed by atoms with Crippen molar-refractivity contribution in [3.8, 4) is 23.7 Å². The van der Waals surface area contributed by atoms with Gasteiger partial charge >= 0.3 is 12.2 Å². The van der Waals surface area contributed by atoms with Crippen molar-refractivity contribution in [2.75, 3.05) is 26.3 Å². The van der Waals surface area contributed by atoms with E-state index in [0.29, 0.717) is 26.3 Å². The molecule has 0 aliphatic heterocycles. The first kappa shape index (κ1) is 23.7. The summed E-state index contributed by atoms with van der Waals surface area (Å²) in [7, 11) is 0. The first-order valence-electron chi connectivity index (χ1n) is 9.47. The van der Waals surface area contributed by atoms with Gasteiger partial charge in [-0.2, -0.15) is 0 Å². The van der Waals surface area contributed by atoms with Crippen molar-refractivity contribution in [1.82, 2.24) is 10.6 Å². The second-order valence-electron chi connectivity index (χ2n) is 5.64. The number of rotatable bonds is 12. The number of nitrogens with one attached hydrogen (secondary N) is 2. The minimum Gasteiger partial charge on any atom is -0.450 e. The fourth-order valence-corrected chi connectivity index (χ4v) is 1.76. The second kappa shape index (κ2) is 19.0. The van der Waals surface area contributed by atoms with Crippen molar-refractivity contribution in [2.45, 2.75) is 65.2 Å². The molecule has 0 heterocycles. The topological polar surface area (TPSA) is 76.7 Å². The van der Waals surface area contributed by atoms with E-state index in [4.69, 9.17) is 9.47 Å². The van der Waals surface area contributed by atoms with Crippen LogP contribution in [-0.4, -0.2) is 38.5 Å². The van der Waals surface area contributed by atoms with Gasteiger partial charge in [0.25, 0.3) is 0 Å². The van der Waals surface area contributed by atoms with Gasteiger partial charge in [-0.1, -0.05) is 25.7 Å². The van der Waals surface area contributed by atoms with E-state index in [1.54, 1.807) is 0 Å². The van der Waals surface area contributed by atoms with Gasteiger partial charge in [0.1, 0.15) is 0 Å². The van der Waals surface area contributed by atoms with Crippen LogP contribution in [0.15, 0.2) is 0 Å². The lowest BCUT2D eigenvalue weighted by molar-refractivity contribution is 0.145. The van der Waals surface area contributed by atoms with Gasteiger partial charge in [0.2, 0.25) is 0 Å². The van der Waals surface area contributed by atoms with Gasteiger partial charge in [0, 0.05) is 25.9 Å². The van der Waals surface area contributed by atoms with Crippen molar-refractivity contribution >= 4 is 12.2 Å². The molecule has 0 atom stereocenters. The van der Waals surface area contributed by atoms with Crippen LogP contribution in [-0.2, 0) is 9.47 Å². The van der Waals surface area contributed by atoms with Crippen LogP contribution in [0, 0.1) is 23.7 Å². The molecule has 0 aromatic rings. The van der Waals surface area contributed by atoms with Crippen molar-refractivity contribution < 1.29 is 19.1 Å². The first-order valence-corrected chi connectivity index (χ1v) is 9.47. The summed E-state index contributed by atoms with van der Waals surface area (Å²) in [6, 6.07) is 0. The number of unbranched alkanes of at least 4 members (excludes halogenated alkanes) is 4. The summed E-state index contributed by atoms with van der Waals surface area (Å²) in [4.78, 5) is 22.3. The lowest BCUT2D eigenvalue weighted by Gasteiger charge is -2.04. The van der Waals surface area contributed by atoms with Gasteiger partial charge in [-0.25, -0.2) is 9.59 Å². The number of alkyl carbamates (subject to hydrolysis) is 2. The summed E-state index contributed by atoms with van der Waals surface area (Å²) < 4.78 is 9.80. The molecule has 26 heavy (non-hydrogen) atoms. The lowest BCUT2D eigenvalue weighted by atomic mass is 10.2. The Hall–Kier alpha value is -2.34. The maximum absolute atomic E-state index is 11.2. The lowest BCUT2D eigenvalue weighted by Crippen LogP contribution is -2.25. The number of hydrogen-bond donors (Lipinski definition) is 2. The molecule has 2 N–H and O–H groups in total. The van der Waals surface area contributed by atoms with Gasteiger partial charge < -0.3 is 20.1 Å². The van der Waals surface area contributed by atoms with Gasteiger partial charge in [0.15, 0.2) is 0 Å². The smallest absolute Gasteiger partial charge is 0.407 e. The number of hydrogen-bond acceptors (Lipinski definition) is 4. The summed E-state index contributed by atoms with van der Waals surface area (Å²) >= 11 is 0. The number of ether oxygens (including phenoxy) is 2. The summed E-state index contributed by atoms with van der Waals surface area (Å²) in [5, 5.41) is 5.40. The molecule has 0 aromatic heterocycles. The molecule has 6 nitrogen and oxygen atoms in total. The number of carbonyl (C=O) groups excluding carboxylic acids is 2. The van der Waals surface area contributed by atoms with Crippen LogP contribution in [0.3, 0.4) is 0 Å². The van der Waals surface area contributed by atoms with Gasteiger partial charge in [0.05, 0.1) is 13.2 Å². The average Bonchev–Trinajstić information content (AvgIpc) is 2.64. The Kier molecular flexibility index (Phi) is 17.3. The molecule has 0 spiro atoms. The Bertz CT molecular complexity index is 451. The normalized spacial score (nSPS) is 9.15. The van der Waals surface area contributed by atoms with E-state index >= 15 is 0 Å². The Labute approximate surface area is 157 Å². The number of amides is 2. The maximum Gasteiger partial charge on any atom is 0.407 e. The van der Waals surface area contributed by atoms with E-state index in [1.165, 1.54) is 0 Å².